The van der Waals surface area contributed by atoms with Crippen LogP contribution in [0, 0.1) is 13.8 Å². The molecule has 0 saturated carbocycles. The van der Waals surface area contributed by atoms with E-state index in [1.807, 2.05) is 24.3 Å². The number of aromatic amines is 1. The van der Waals surface area contributed by atoms with Gasteiger partial charge in [0.1, 0.15) is 12.4 Å². The summed E-state index contributed by atoms with van der Waals surface area (Å²) in [7, 11) is 0. The van der Waals surface area contributed by atoms with Crippen molar-refractivity contribution in [3.63, 3.8) is 0 Å². The van der Waals surface area contributed by atoms with Gasteiger partial charge in [-0.15, -0.1) is 0 Å². The number of nitrogens with one attached hydrogen (secondary N) is 1. The van der Waals surface area contributed by atoms with Gasteiger partial charge in [0, 0.05) is 6.07 Å². The van der Waals surface area contributed by atoms with Gasteiger partial charge in [0.15, 0.2) is 0 Å². The molecule has 0 saturated heterocycles. The van der Waals surface area contributed by atoms with Gasteiger partial charge in [-0.3, -0.25) is 9.17 Å². The van der Waals surface area contributed by atoms with E-state index in [0.717, 1.165) is 21.8 Å². The zero-order valence-electron chi connectivity index (χ0n) is 15.9. The van der Waals surface area contributed by atoms with Crippen LogP contribution in [0.15, 0.2) is 77.6 Å². The summed E-state index contributed by atoms with van der Waals surface area (Å²) in [5, 5.41) is 0. The summed E-state index contributed by atoms with van der Waals surface area (Å²) in [6.45, 7) is 4.80. The molecular weight excluding hydrogens is 366 g/mol. The maximum Gasteiger partial charge on any atom is 0.258 e. The van der Waals surface area contributed by atoms with Crippen molar-refractivity contribution in [2.75, 3.05) is 0 Å². The Labute approximate surface area is 168 Å². The lowest BCUT2D eigenvalue weighted by atomic mass is 9.95. The Balaban J connectivity index is 1.49. The Morgan fingerprint density at radius 2 is 1.57 bits per heavy atom. The van der Waals surface area contributed by atoms with E-state index in [1.54, 1.807) is 6.07 Å². The third kappa shape index (κ3) is 3.92. The second-order valence-corrected chi connectivity index (χ2v) is 7.71. The lowest BCUT2D eigenvalue weighted by Gasteiger charge is -2.12. The van der Waals surface area contributed by atoms with Crippen LogP contribution in [0.1, 0.15) is 16.7 Å². The topological polar surface area (TPSA) is 42.1 Å². The zero-order valence-corrected chi connectivity index (χ0v) is 16.7. The summed E-state index contributed by atoms with van der Waals surface area (Å²) < 4.78 is 8.68. The molecule has 3 aromatic carbocycles. The predicted molar refractivity (Wildman–Crippen MR) is 116 cm³/mol. The molecule has 4 aromatic rings. The smallest absolute Gasteiger partial charge is 0.258 e. The minimum Gasteiger partial charge on any atom is -0.489 e. The van der Waals surface area contributed by atoms with Gasteiger partial charge in [0.25, 0.3) is 5.56 Å². The molecule has 0 unspecified atom stereocenters. The molecule has 0 bridgehead atoms. The fraction of sp³-hybridized carbons (Fsp3) is 0.125. The third-order valence-electron chi connectivity index (χ3n) is 4.76. The Morgan fingerprint density at radius 1 is 0.857 bits per heavy atom. The molecule has 0 spiro atoms. The van der Waals surface area contributed by atoms with Gasteiger partial charge in [0.2, 0.25) is 0 Å². The molecule has 0 aliphatic heterocycles. The van der Waals surface area contributed by atoms with Gasteiger partial charge in [-0.2, -0.15) is 0 Å². The quantitative estimate of drug-likeness (QED) is 0.459. The van der Waals surface area contributed by atoms with Crippen molar-refractivity contribution >= 4 is 11.5 Å². The fourth-order valence-corrected chi connectivity index (χ4v) is 4.08. The number of benzene rings is 3. The van der Waals surface area contributed by atoms with Crippen molar-refractivity contribution in [1.29, 1.82) is 0 Å². The van der Waals surface area contributed by atoms with E-state index in [2.05, 4.69) is 60.7 Å². The summed E-state index contributed by atoms with van der Waals surface area (Å²) in [6.07, 6.45) is 0. The summed E-state index contributed by atoms with van der Waals surface area (Å²) in [5.74, 6) is 0.809. The average molecular weight is 388 g/mol. The molecule has 0 atom stereocenters. The van der Waals surface area contributed by atoms with E-state index in [-0.39, 0.29) is 5.56 Å². The first-order valence-corrected chi connectivity index (χ1v) is 9.99. The summed E-state index contributed by atoms with van der Waals surface area (Å²) in [4.78, 5) is 12.2. The van der Waals surface area contributed by atoms with E-state index < -0.39 is 0 Å². The van der Waals surface area contributed by atoms with E-state index in [1.165, 1.54) is 33.8 Å². The van der Waals surface area contributed by atoms with Crippen LogP contribution < -0.4 is 10.3 Å². The van der Waals surface area contributed by atoms with Crippen molar-refractivity contribution < 1.29 is 4.74 Å². The second-order valence-electron chi connectivity index (χ2n) is 6.86. The highest BCUT2D eigenvalue weighted by atomic mass is 32.1. The average Bonchev–Trinajstić information content (AvgIpc) is 3.13. The van der Waals surface area contributed by atoms with Gasteiger partial charge < -0.3 is 4.74 Å². The molecule has 1 N–H and O–H groups in total. The molecule has 0 amide bonds. The van der Waals surface area contributed by atoms with Crippen molar-refractivity contribution in [3.8, 4) is 27.3 Å². The predicted octanol–water partition coefficient (Wildman–Crippen LogP) is 5.97. The summed E-state index contributed by atoms with van der Waals surface area (Å²) in [5.41, 5.74) is 7.14. The normalized spacial score (nSPS) is 10.8. The number of ether oxygens (including phenoxy) is 1. The molecule has 3 nitrogen and oxygen atoms in total. The lowest BCUT2D eigenvalue weighted by Crippen LogP contribution is -1.96. The highest BCUT2D eigenvalue weighted by Crippen LogP contribution is 2.28. The Hall–Kier alpha value is -3.11. The monoisotopic (exact) mass is 387 g/mol. The van der Waals surface area contributed by atoms with Gasteiger partial charge in [-0.25, -0.2) is 0 Å². The standard InChI is InChI=1S/C24H21NO2S/c1-16-5-3-6-17(2)24(16)20-8-4-7-18(13-20)15-27-21-11-9-19(10-12-21)22-14-23(26)25-28-22/h3-14H,15H2,1-2H3,(H,25,26). The number of hydrogen-bond donors (Lipinski definition) is 1. The number of hydrogen-bond acceptors (Lipinski definition) is 3. The highest BCUT2D eigenvalue weighted by Gasteiger charge is 2.07. The van der Waals surface area contributed by atoms with Crippen molar-refractivity contribution in [3.05, 3.63) is 99.8 Å². The Morgan fingerprint density at radius 3 is 2.25 bits per heavy atom. The van der Waals surface area contributed by atoms with E-state index >= 15 is 0 Å². The summed E-state index contributed by atoms with van der Waals surface area (Å²) in [6, 6.07) is 24.3. The lowest BCUT2D eigenvalue weighted by molar-refractivity contribution is 0.306. The van der Waals surface area contributed by atoms with Crippen LogP contribution in [-0.2, 0) is 6.61 Å². The number of aromatic nitrogens is 1. The second kappa shape index (κ2) is 7.87. The molecule has 0 aliphatic carbocycles. The van der Waals surface area contributed by atoms with E-state index in [9.17, 15) is 4.79 Å². The number of rotatable bonds is 5. The van der Waals surface area contributed by atoms with Gasteiger partial charge in [-0.05, 0) is 77.6 Å². The zero-order chi connectivity index (χ0) is 19.5. The number of aryl methyl sites for hydroxylation is 2. The van der Waals surface area contributed by atoms with E-state index in [4.69, 9.17) is 4.74 Å². The maximum atomic E-state index is 11.3. The first-order valence-electron chi connectivity index (χ1n) is 9.17. The van der Waals surface area contributed by atoms with E-state index in [0.29, 0.717) is 6.61 Å². The molecule has 4 heteroatoms. The maximum absolute atomic E-state index is 11.3. The largest absolute Gasteiger partial charge is 0.489 e. The van der Waals surface area contributed by atoms with Gasteiger partial charge in [0.05, 0.1) is 4.88 Å². The number of H-pyrrole nitrogens is 1. The first-order chi connectivity index (χ1) is 13.6. The molecule has 0 radical (unpaired) electrons. The van der Waals surface area contributed by atoms with Crippen LogP contribution in [0.3, 0.4) is 0 Å². The molecule has 4 rings (SSSR count). The Kier molecular flexibility index (Phi) is 5.13. The SMILES string of the molecule is Cc1cccc(C)c1-c1cccc(COc2ccc(-c3cc(=O)[nH]s3)cc2)c1. The highest BCUT2D eigenvalue weighted by molar-refractivity contribution is 7.09. The van der Waals surface area contributed by atoms with Crippen LogP contribution >= 0.6 is 11.5 Å². The minimum atomic E-state index is -0.0657. The Bertz CT molecular complexity index is 1140. The molecule has 28 heavy (non-hydrogen) atoms. The first kappa shape index (κ1) is 18.3. The molecule has 0 fully saturated rings. The van der Waals surface area contributed by atoms with Crippen LogP contribution in [0.2, 0.25) is 0 Å². The van der Waals surface area contributed by atoms with Gasteiger partial charge >= 0.3 is 0 Å². The van der Waals surface area contributed by atoms with Crippen LogP contribution in [0.25, 0.3) is 21.6 Å². The van der Waals surface area contributed by atoms with Crippen LogP contribution in [0.4, 0.5) is 0 Å². The molecule has 1 heterocycles. The summed E-state index contributed by atoms with van der Waals surface area (Å²) >= 11 is 1.34. The van der Waals surface area contributed by atoms with Crippen LogP contribution in [-0.4, -0.2) is 4.37 Å². The minimum absolute atomic E-state index is 0.0657. The van der Waals surface area contributed by atoms with Crippen molar-refractivity contribution in [2.24, 2.45) is 0 Å². The molecular formula is C24H21NO2S. The molecule has 0 aliphatic rings. The van der Waals surface area contributed by atoms with Crippen molar-refractivity contribution in [2.45, 2.75) is 20.5 Å². The fourth-order valence-electron chi connectivity index (χ4n) is 3.39. The van der Waals surface area contributed by atoms with Crippen LogP contribution in [0.5, 0.6) is 5.75 Å². The molecule has 1 aromatic heterocycles. The van der Waals surface area contributed by atoms with Gasteiger partial charge in [-0.1, -0.05) is 47.9 Å². The molecule has 140 valence electrons. The third-order valence-corrected chi connectivity index (χ3v) is 5.64. The van der Waals surface area contributed by atoms with Crippen molar-refractivity contribution in [1.82, 2.24) is 4.37 Å².